The number of hydrogen-bond acceptors (Lipinski definition) is 6. The van der Waals surface area contributed by atoms with E-state index in [1.165, 1.54) is 0 Å². The molecular weight excluding hydrogens is 431 g/mol. The van der Waals surface area contributed by atoms with Crippen LogP contribution in [0.25, 0.3) is 0 Å². The third-order valence-corrected chi connectivity index (χ3v) is 6.45. The number of carbonyl (C=O) groups is 1. The molecule has 1 aromatic heterocycles. The highest BCUT2D eigenvalue weighted by Gasteiger charge is 2.21. The van der Waals surface area contributed by atoms with E-state index in [1.54, 1.807) is 48.5 Å². The molecule has 0 fully saturated rings. The van der Waals surface area contributed by atoms with Gasteiger partial charge < -0.3 is 0 Å². The Balaban J connectivity index is 1.65. The smallest absolute Gasteiger partial charge is 0.270 e. The summed E-state index contributed by atoms with van der Waals surface area (Å²) in [5, 5.41) is 11.0. The Morgan fingerprint density at radius 1 is 0.963 bits per heavy atom. The molecular formula is C16H12Cl2N4O3S2. The van der Waals surface area contributed by atoms with E-state index in [4.69, 9.17) is 23.2 Å². The molecule has 27 heavy (non-hydrogen) atoms. The number of anilines is 1. The molecule has 3 aromatic rings. The number of amides is 1. The van der Waals surface area contributed by atoms with Crippen molar-refractivity contribution < 1.29 is 13.2 Å². The summed E-state index contributed by atoms with van der Waals surface area (Å²) < 4.78 is 26.8. The van der Waals surface area contributed by atoms with Crippen molar-refractivity contribution in [2.45, 2.75) is 10.9 Å². The van der Waals surface area contributed by atoms with Crippen molar-refractivity contribution in [3.8, 4) is 0 Å². The Labute approximate surface area is 169 Å². The van der Waals surface area contributed by atoms with Crippen molar-refractivity contribution in [3.63, 3.8) is 0 Å². The van der Waals surface area contributed by atoms with Gasteiger partial charge in [-0.2, -0.15) is 0 Å². The highest BCUT2D eigenvalue weighted by atomic mass is 35.5. The van der Waals surface area contributed by atoms with E-state index >= 15 is 0 Å². The average Bonchev–Trinajstić information content (AvgIpc) is 3.11. The van der Waals surface area contributed by atoms with Crippen LogP contribution in [0.5, 0.6) is 0 Å². The molecule has 1 heterocycles. The molecule has 0 saturated heterocycles. The lowest BCUT2D eigenvalue weighted by atomic mass is 10.2. The van der Waals surface area contributed by atoms with Crippen LogP contribution in [0.4, 0.5) is 5.13 Å². The topological polar surface area (TPSA) is 101 Å². The van der Waals surface area contributed by atoms with Crippen molar-refractivity contribution >= 4 is 55.6 Å². The fraction of sp³-hybridized carbons (Fsp3) is 0.0625. The van der Waals surface area contributed by atoms with Crippen LogP contribution in [0.15, 0.2) is 52.9 Å². The van der Waals surface area contributed by atoms with Crippen LogP contribution in [0.1, 0.15) is 15.9 Å². The minimum atomic E-state index is -3.86. The molecule has 0 spiro atoms. The van der Waals surface area contributed by atoms with Crippen molar-refractivity contribution in [1.82, 2.24) is 14.9 Å². The van der Waals surface area contributed by atoms with E-state index < -0.39 is 15.9 Å². The molecule has 0 unspecified atom stereocenters. The fourth-order valence-corrected chi connectivity index (χ4v) is 4.19. The first-order valence-electron chi connectivity index (χ1n) is 7.48. The largest absolute Gasteiger partial charge is 0.296 e. The number of carbonyl (C=O) groups excluding carboxylic acids is 1. The maximum atomic E-state index is 12.3. The maximum absolute atomic E-state index is 12.3. The van der Waals surface area contributed by atoms with E-state index in [9.17, 15) is 13.2 Å². The zero-order valence-corrected chi connectivity index (χ0v) is 16.7. The van der Waals surface area contributed by atoms with Crippen LogP contribution >= 0.6 is 34.5 Å². The van der Waals surface area contributed by atoms with Gasteiger partial charge in [0.25, 0.3) is 15.9 Å². The second-order valence-electron chi connectivity index (χ2n) is 5.29. The van der Waals surface area contributed by atoms with Gasteiger partial charge in [0.05, 0.1) is 0 Å². The van der Waals surface area contributed by atoms with Crippen LogP contribution in [0.3, 0.4) is 0 Å². The molecule has 0 aliphatic carbocycles. The Hall–Kier alpha value is -2.04. The molecule has 3 rings (SSSR count). The van der Waals surface area contributed by atoms with Gasteiger partial charge in [0.1, 0.15) is 0 Å². The molecule has 0 atom stereocenters. The number of nitrogens with one attached hydrogen (secondary N) is 2. The molecule has 1 amide bonds. The van der Waals surface area contributed by atoms with Gasteiger partial charge in [0.2, 0.25) is 9.47 Å². The Kier molecular flexibility index (Phi) is 6.08. The molecule has 2 N–H and O–H groups in total. The predicted molar refractivity (Wildman–Crippen MR) is 105 cm³/mol. The van der Waals surface area contributed by atoms with Crippen LogP contribution in [0.2, 0.25) is 10.0 Å². The van der Waals surface area contributed by atoms with E-state index in [0.29, 0.717) is 15.6 Å². The van der Waals surface area contributed by atoms with Gasteiger partial charge in [-0.1, -0.05) is 46.7 Å². The van der Waals surface area contributed by atoms with Crippen LogP contribution in [-0.4, -0.2) is 24.5 Å². The summed E-state index contributed by atoms with van der Waals surface area (Å²) in [5.74, 6) is -0.444. The zero-order valence-electron chi connectivity index (χ0n) is 13.5. The molecule has 0 aliphatic heterocycles. The van der Waals surface area contributed by atoms with Gasteiger partial charge in [-0.05, 0) is 42.0 Å². The number of hydrogen-bond donors (Lipinski definition) is 2. The normalized spacial score (nSPS) is 11.3. The molecule has 7 nitrogen and oxygen atoms in total. The highest BCUT2D eigenvalue weighted by molar-refractivity contribution is 7.91. The highest BCUT2D eigenvalue weighted by Crippen LogP contribution is 2.21. The quantitative estimate of drug-likeness (QED) is 0.568. The Morgan fingerprint density at radius 2 is 1.56 bits per heavy atom. The van der Waals surface area contributed by atoms with Gasteiger partial charge in [0, 0.05) is 22.2 Å². The summed E-state index contributed by atoms with van der Waals surface area (Å²) in [6, 6.07) is 13.0. The number of sulfonamides is 1. The Bertz CT molecular complexity index is 1050. The minimum Gasteiger partial charge on any atom is -0.296 e. The molecule has 0 bridgehead atoms. The third-order valence-electron chi connectivity index (χ3n) is 3.34. The van der Waals surface area contributed by atoms with Gasteiger partial charge >= 0.3 is 0 Å². The lowest BCUT2D eigenvalue weighted by Gasteiger charge is -2.04. The summed E-state index contributed by atoms with van der Waals surface area (Å²) in [6.45, 7) is 0.0749. The Morgan fingerprint density at radius 3 is 2.19 bits per heavy atom. The molecule has 0 radical (unpaired) electrons. The number of halogens is 2. The summed E-state index contributed by atoms with van der Waals surface area (Å²) >= 11 is 12.3. The van der Waals surface area contributed by atoms with Crippen molar-refractivity contribution in [1.29, 1.82) is 0 Å². The first kappa shape index (κ1) is 19.7. The summed E-state index contributed by atoms with van der Waals surface area (Å²) in [7, 11) is -3.86. The second-order valence-corrected chi connectivity index (χ2v) is 9.08. The zero-order chi connectivity index (χ0) is 19.4. The summed E-state index contributed by atoms with van der Waals surface area (Å²) in [4.78, 5) is 12.1. The van der Waals surface area contributed by atoms with Crippen molar-refractivity contribution in [2.75, 3.05) is 5.32 Å². The molecule has 140 valence electrons. The van der Waals surface area contributed by atoms with E-state index in [0.717, 1.165) is 16.9 Å². The number of benzene rings is 2. The van der Waals surface area contributed by atoms with Gasteiger partial charge in [-0.25, -0.2) is 13.1 Å². The van der Waals surface area contributed by atoms with E-state index in [2.05, 4.69) is 20.2 Å². The number of rotatable bonds is 6. The van der Waals surface area contributed by atoms with Crippen LogP contribution in [0, 0.1) is 0 Å². The SMILES string of the molecule is O=C(Nc1nnc(S(=O)(=O)NCc2ccc(Cl)cc2)s1)c1ccc(Cl)cc1. The lowest BCUT2D eigenvalue weighted by Crippen LogP contribution is -2.23. The van der Waals surface area contributed by atoms with Crippen LogP contribution in [-0.2, 0) is 16.6 Å². The second kappa shape index (κ2) is 8.32. The van der Waals surface area contributed by atoms with E-state index in [1.807, 2.05) is 0 Å². The summed E-state index contributed by atoms with van der Waals surface area (Å²) in [5.41, 5.74) is 1.10. The van der Waals surface area contributed by atoms with Crippen molar-refractivity contribution in [2.24, 2.45) is 0 Å². The lowest BCUT2D eigenvalue weighted by molar-refractivity contribution is 0.102. The van der Waals surface area contributed by atoms with Gasteiger partial charge in [0.15, 0.2) is 0 Å². The first-order valence-corrected chi connectivity index (χ1v) is 10.5. The first-order chi connectivity index (χ1) is 12.8. The number of nitrogens with zero attached hydrogens (tertiary/aromatic N) is 2. The number of aromatic nitrogens is 2. The van der Waals surface area contributed by atoms with Gasteiger partial charge in [-0.15, -0.1) is 10.2 Å². The molecule has 11 heteroatoms. The molecule has 2 aromatic carbocycles. The standard InChI is InChI=1S/C16H12Cl2N4O3S2/c17-12-5-1-10(2-6-12)9-19-27(24,25)16-22-21-15(26-16)20-14(23)11-3-7-13(18)8-4-11/h1-8,19H,9H2,(H,20,21,23). The maximum Gasteiger partial charge on any atom is 0.270 e. The average molecular weight is 443 g/mol. The van der Waals surface area contributed by atoms with Crippen molar-refractivity contribution in [3.05, 3.63) is 69.7 Å². The fourth-order valence-electron chi connectivity index (χ4n) is 1.98. The predicted octanol–water partition coefficient (Wildman–Crippen LogP) is 3.58. The third kappa shape index (κ3) is 5.24. The molecule has 0 aliphatic rings. The van der Waals surface area contributed by atoms with Gasteiger partial charge in [-0.3, -0.25) is 10.1 Å². The minimum absolute atomic E-state index is 0.0711. The van der Waals surface area contributed by atoms with Crippen LogP contribution < -0.4 is 10.0 Å². The monoisotopic (exact) mass is 442 g/mol. The summed E-state index contributed by atoms with van der Waals surface area (Å²) in [6.07, 6.45) is 0. The van der Waals surface area contributed by atoms with E-state index in [-0.39, 0.29) is 16.0 Å². The molecule has 0 saturated carbocycles.